The molecule has 1 heterocycles. The molecule has 0 N–H and O–H groups in total. The first kappa shape index (κ1) is 23.9. The van der Waals surface area contributed by atoms with Gasteiger partial charge in [0.1, 0.15) is 0 Å². The molecule has 0 radical (unpaired) electrons. The largest absolute Gasteiger partial charge is 0.493 e. The first-order chi connectivity index (χ1) is 15.1. The fraction of sp³-hybridized carbons (Fsp3) is 0.381. The standard InChI is InChI=1S/C21H23F3N2O5S/c1-3-31-19-13-15(7-8-18(19)30-2)20(27)25-9-11-26(12-10-25)32(28,29)17-6-4-5-16(14-17)21(22,23)24/h4-8,13-14H,3,9-12H2,1-2H3. The Labute approximate surface area is 184 Å². The highest BCUT2D eigenvalue weighted by Crippen LogP contribution is 2.32. The van der Waals surface area contributed by atoms with Crippen LogP contribution >= 0.6 is 0 Å². The zero-order chi connectivity index (χ0) is 23.5. The summed E-state index contributed by atoms with van der Waals surface area (Å²) in [7, 11) is -2.63. The molecule has 1 aliphatic heterocycles. The zero-order valence-corrected chi connectivity index (χ0v) is 18.4. The number of benzene rings is 2. The van der Waals surface area contributed by atoms with Gasteiger partial charge in [-0.1, -0.05) is 6.07 Å². The molecule has 11 heteroatoms. The van der Waals surface area contributed by atoms with Crippen LogP contribution < -0.4 is 9.47 Å². The van der Waals surface area contributed by atoms with E-state index < -0.39 is 26.7 Å². The molecule has 0 unspecified atom stereocenters. The maximum absolute atomic E-state index is 13.0. The number of amides is 1. The van der Waals surface area contributed by atoms with Crippen molar-refractivity contribution in [3.8, 4) is 11.5 Å². The summed E-state index contributed by atoms with van der Waals surface area (Å²) in [5.41, 5.74) is -0.666. The molecule has 3 rings (SSSR count). The number of carbonyl (C=O) groups is 1. The SMILES string of the molecule is CCOc1cc(C(=O)N2CCN(S(=O)(=O)c3cccc(C(F)(F)F)c3)CC2)ccc1OC. The number of methoxy groups -OCH3 is 1. The number of piperazine rings is 1. The number of nitrogens with zero attached hydrogens (tertiary/aromatic N) is 2. The third-order valence-corrected chi connectivity index (χ3v) is 6.93. The van der Waals surface area contributed by atoms with Gasteiger partial charge in [0.25, 0.3) is 5.91 Å². The normalized spacial score (nSPS) is 15.5. The van der Waals surface area contributed by atoms with E-state index >= 15 is 0 Å². The van der Waals surface area contributed by atoms with E-state index in [1.807, 2.05) is 0 Å². The second kappa shape index (κ2) is 9.37. The molecule has 0 bridgehead atoms. The van der Waals surface area contributed by atoms with Gasteiger partial charge in [-0.25, -0.2) is 8.42 Å². The Morgan fingerprint density at radius 3 is 2.31 bits per heavy atom. The lowest BCUT2D eigenvalue weighted by Crippen LogP contribution is -2.50. The Kier molecular flexibility index (Phi) is 6.99. The van der Waals surface area contributed by atoms with E-state index in [-0.39, 0.29) is 32.1 Å². The van der Waals surface area contributed by atoms with E-state index in [0.29, 0.717) is 29.7 Å². The minimum Gasteiger partial charge on any atom is -0.493 e. The topological polar surface area (TPSA) is 76.2 Å². The predicted molar refractivity (Wildman–Crippen MR) is 110 cm³/mol. The van der Waals surface area contributed by atoms with Crippen LogP contribution in [0.2, 0.25) is 0 Å². The molecule has 1 fully saturated rings. The first-order valence-corrected chi connectivity index (χ1v) is 11.3. The molecule has 32 heavy (non-hydrogen) atoms. The van der Waals surface area contributed by atoms with Crippen molar-refractivity contribution in [2.75, 3.05) is 39.9 Å². The van der Waals surface area contributed by atoms with Crippen molar-refractivity contribution < 1.29 is 35.9 Å². The first-order valence-electron chi connectivity index (χ1n) is 9.85. The summed E-state index contributed by atoms with van der Waals surface area (Å²) in [5.74, 6) is 0.608. The number of rotatable bonds is 6. The Bertz CT molecular complexity index is 1080. The van der Waals surface area contributed by atoms with Crippen LogP contribution in [0, 0.1) is 0 Å². The summed E-state index contributed by atoms with van der Waals surface area (Å²) in [6.45, 7) is 2.34. The summed E-state index contributed by atoms with van der Waals surface area (Å²) in [6, 6.07) is 8.42. The Hall–Kier alpha value is -2.79. The second-order valence-corrected chi connectivity index (χ2v) is 8.96. The highest BCUT2D eigenvalue weighted by atomic mass is 32.2. The van der Waals surface area contributed by atoms with Crippen molar-refractivity contribution in [3.63, 3.8) is 0 Å². The van der Waals surface area contributed by atoms with Gasteiger partial charge in [0.2, 0.25) is 10.0 Å². The highest BCUT2D eigenvalue weighted by Gasteiger charge is 2.34. The monoisotopic (exact) mass is 472 g/mol. The Morgan fingerprint density at radius 1 is 1.03 bits per heavy atom. The number of carbonyl (C=O) groups excluding carboxylic acids is 1. The molecule has 2 aromatic carbocycles. The van der Waals surface area contributed by atoms with Crippen molar-refractivity contribution in [1.29, 1.82) is 0 Å². The van der Waals surface area contributed by atoms with Crippen LogP contribution in [0.4, 0.5) is 13.2 Å². The van der Waals surface area contributed by atoms with E-state index in [2.05, 4.69) is 0 Å². The van der Waals surface area contributed by atoms with E-state index in [0.717, 1.165) is 22.5 Å². The average molecular weight is 472 g/mol. The van der Waals surface area contributed by atoms with Gasteiger partial charge in [0.15, 0.2) is 11.5 Å². The lowest BCUT2D eigenvalue weighted by Gasteiger charge is -2.34. The van der Waals surface area contributed by atoms with Gasteiger partial charge in [-0.15, -0.1) is 0 Å². The molecule has 1 amide bonds. The number of sulfonamides is 1. The Morgan fingerprint density at radius 2 is 1.72 bits per heavy atom. The molecular formula is C21H23F3N2O5S. The average Bonchev–Trinajstić information content (AvgIpc) is 2.78. The van der Waals surface area contributed by atoms with Gasteiger partial charge < -0.3 is 14.4 Å². The summed E-state index contributed by atoms with van der Waals surface area (Å²) >= 11 is 0. The number of hydrogen-bond donors (Lipinski definition) is 0. The highest BCUT2D eigenvalue weighted by molar-refractivity contribution is 7.89. The van der Waals surface area contributed by atoms with Gasteiger partial charge in [0.05, 0.1) is 24.2 Å². The van der Waals surface area contributed by atoms with Crippen molar-refractivity contribution in [2.45, 2.75) is 18.0 Å². The van der Waals surface area contributed by atoms with Gasteiger partial charge in [-0.05, 0) is 43.3 Å². The van der Waals surface area contributed by atoms with E-state index in [1.54, 1.807) is 25.1 Å². The van der Waals surface area contributed by atoms with Crippen LogP contribution in [-0.2, 0) is 16.2 Å². The van der Waals surface area contributed by atoms with Crippen LogP contribution in [0.3, 0.4) is 0 Å². The minimum atomic E-state index is -4.64. The number of hydrogen-bond acceptors (Lipinski definition) is 5. The molecule has 0 spiro atoms. The molecule has 0 atom stereocenters. The van der Waals surface area contributed by atoms with Crippen LogP contribution in [0.25, 0.3) is 0 Å². The number of halogens is 3. The van der Waals surface area contributed by atoms with Crippen molar-refractivity contribution >= 4 is 15.9 Å². The molecule has 2 aromatic rings. The van der Waals surface area contributed by atoms with E-state index in [4.69, 9.17) is 9.47 Å². The van der Waals surface area contributed by atoms with Crippen molar-refractivity contribution in [3.05, 3.63) is 53.6 Å². The molecule has 0 aromatic heterocycles. The molecule has 174 valence electrons. The van der Waals surface area contributed by atoms with Crippen LogP contribution in [0.5, 0.6) is 11.5 Å². The summed E-state index contributed by atoms with van der Waals surface area (Å²) in [6.07, 6.45) is -4.64. The third kappa shape index (κ3) is 4.99. The van der Waals surface area contributed by atoms with Crippen LogP contribution in [-0.4, -0.2) is 63.4 Å². The smallest absolute Gasteiger partial charge is 0.416 e. The van der Waals surface area contributed by atoms with Crippen LogP contribution in [0.15, 0.2) is 47.4 Å². The quantitative estimate of drug-likeness (QED) is 0.645. The van der Waals surface area contributed by atoms with Gasteiger partial charge in [-0.2, -0.15) is 17.5 Å². The number of ether oxygens (including phenoxy) is 2. The van der Waals surface area contributed by atoms with Gasteiger partial charge in [-0.3, -0.25) is 4.79 Å². The second-order valence-electron chi connectivity index (χ2n) is 7.02. The minimum absolute atomic E-state index is 0.0290. The maximum atomic E-state index is 13.0. The van der Waals surface area contributed by atoms with Crippen LogP contribution in [0.1, 0.15) is 22.8 Å². The lowest BCUT2D eigenvalue weighted by molar-refractivity contribution is -0.137. The summed E-state index contributed by atoms with van der Waals surface area (Å²) in [5, 5.41) is 0. The molecule has 7 nitrogen and oxygen atoms in total. The number of alkyl halides is 3. The maximum Gasteiger partial charge on any atom is 0.416 e. The van der Waals surface area contributed by atoms with E-state index in [9.17, 15) is 26.4 Å². The molecule has 1 aliphatic rings. The molecule has 0 saturated carbocycles. The third-order valence-electron chi connectivity index (χ3n) is 5.04. The summed E-state index contributed by atoms with van der Waals surface area (Å²) in [4.78, 5) is 13.9. The zero-order valence-electron chi connectivity index (χ0n) is 17.6. The molecular weight excluding hydrogens is 449 g/mol. The van der Waals surface area contributed by atoms with E-state index in [1.165, 1.54) is 12.0 Å². The van der Waals surface area contributed by atoms with Crippen molar-refractivity contribution in [2.24, 2.45) is 0 Å². The van der Waals surface area contributed by atoms with Gasteiger partial charge in [0, 0.05) is 31.7 Å². The molecule has 1 saturated heterocycles. The molecule has 0 aliphatic carbocycles. The van der Waals surface area contributed by atoms with Crippen molar-refractivity contribution in [1.82, 2.24) is 9.21 Å². The predicted octanol–water partition coefficient (Wildman–Crippen LogP) is 3.26. The fourth-order valence-electron chi connectivity index (χ4n) is 3.37. The Balaban J connectivity index is 1.72. The summed E-state index contributed by atoms with van der Waals surface area (Å²) < 4.78 is 76.3. The fourth-order valence-corrected chi connectivity index (χ4v) is 4.84. The lowest BCUT2D eigenvalue weighted by atomic mass is 10.1. The van der Waals surface area contributed by atoms with Gasteiger partial charge >= 0.3 is 6.18 Å².